The molecule has 1 aromatic heterocycles. The van der Waals surface area contributed by atoms with Gasteiger partial charge in [0.25, 0.3) is 0 Å². The van der Waals surface area contributed by atoms with E-state index in [1.54, 1.807) is 29.6 Å². The van der Waals surface area contributed by atoms with Crippen LogP contribution in [0.3, 0.4) is 0 Å². The molecule has 0 aliphatic heterocycles. The number of hydrogen-bond donors (Lipinski definition) is 1. The van der Waals surface area contributed by atoms with Gasteiger partial charge in [-0.1, -0.05) is 23.7 Å². The normalized spacial score (nSPS) is 10.2. The molecule has 0 atom stereocenters. The highest BCUT2D eigenvalue weighted by Crippen LogP contribution is 2.23. The van der Waals surface area contributed by atoms with Crippen LogP contribution < -0.4 is 5.73 Å². The number of rotatable bonds is 4. The number of carbonyl (C=O) groups excluding carboxylic acids is 2. The van der Waals surface area contributed by atoms with E-state index in [-0.39, 0.29) is 28.7 Å². The minimum atomic E-state index is -0.662. The number of halogens is 1. The molecular weight excluding hydrogens is 286 g/mol. The molecule has 2 N–H and O–H groups in total. The fraction of sp³-hybridized carbons (Fsp3) is 0.0769. The first-order valence-electron chi connectivity index (χ1n) is 5.37. The number of nitrogens with two attached hydrogens (primary N) is 1. The first-order valence-corrected chi connectivity index (χ1v) is 6.63. The number of ketones is 1. The van der Waals surface area contributed by atoms with Gasteiger partial charge in [0.15, 0.2) is 6.61 Å². The van der Waals surface area contributed by atoms with Crippen molar-refractivity contribution < 1.29 is 14.3 Å². The zero-order valence-electron chi connectivity index (χ0n) is 9.76. The highest BCUT2D eigenvalue weighted by Gasteiger charge is 2.15. The second-order valence-electron chi connectivity index (χ2n) is 3.68. The number of thiophene rings is 1. The Balaban J connectivity index is 2.02. The molecule has 1 heterocycles. The van der Waals surface area contributed by atoms with E-state index in [2.05, 4.69) is 0 Å². The van der Waals surface area contributed by atoms with Gasteiger partial charge < -0.3 is 10.5 Å². The van der Waals surface area contributed by atoms with Crippen LogP contribution in [-0.2, 0) is 4.74 Å². The maximum absolute atomic E-state index is 11.8. The molecule has 2 rings (SSSR count). The number of carbonyl (C=O) groups is 2. The third kappa shape index (κ3) is 3.13. The minimum Gasteiger partial charge on any atom is -0.454 e. The van der Waals surface area contributed by atoms with Gasteiger partial charge in [0.1, 0.15) is 0 Å². The van der Waals surface area contributed by atoms with Crippen LogP contribution in [0.2, 0.25) is 5.02 Å². The van der Waals surface area contributed by atoms with Crippen LogP contribution in [0.4, 0.5) is 5.69 Å². The van der Waals surface area contributed by atoms with Crippen LogP contribution in [0.1, 0.15) is 20.0 Å². The maximum atomic E-state index is 11.8. The molecule has 0 aliphatic carbocycles. The van der Waals surface area contributed by atoms with Crippen molar-refractivity contribution in [3.8, 4) is 0 Å². The molecule has 1 aromatic carbocycles. The van der Waals surface area contributed by atoms with Gasteiger partial charge in [-0.2, -0.15) is 0 Å². The molecular formula is C13H10ClNO3S. The fourth-order valence-electron chi connectivity index (χ4n) is 1.43. The summed E-state index contributed by atoms with van der Waals surface area (Å²) < 4.78 is 4.93. The quantitative estimate of drug-likeness (QED) is 0.535. The second kappa shape index (κ2) is 5.86. The zero-order valence-corrected chi connectivity index (χ0v) is 11.3. The first-order chi connectivity index (χ1) is 9.09. The van der Waals surface area contributed by atoms with E-state index in [0.29, 0.717) is 4.88 Å². The molecule has 4 nitrogen and oxygen atoms in total. The van der Waals surface area contributed by atoms with Crippen molar-refractivity contribution in [3.63, 3.8) is 0 Å². The van der Waals surface area contributed by atoms with Gasteiger partial charge >= 0.3 is 5.97 Å². The molecule has 19 heavy (non-hydrogen) atoms. The largest absolute Gasteiger partial charge is 0.454 e. The van der Waals surface area contributed by atoms with E-state index in [9.17, 15) is 9.59 Å². The van der Waals surface area contributed by atoms with Gasteiger partial charge in [-0.15, -0.1) is 11.3 Å². The Morgan fingerprint density at radius 2 is 2.05 bits per heavy atom. The average Bonchev–Trinajstić information content (AvgIpc) is 2.93. The SMILES string of the molecule is Nc1c(Cl)cccc1C(=O)OCC(=O)c1cccs1. The summed E-state index contributed by atoms with van der Waals surface area (Å²) in [5.41, 5.74) is 5.98. The number of Topliss-reactive ketones (excluding diaryl/α,β-unsaturated/α-hetero) is 1. The van der Waals surface area contributed by atoms with Gasteiger partial charge in [-0.05, 0) is 23.6 Å². The monoisotopic (exact) mass is 295 g/mol. The number of nitrogen functional groups attached to an aromatic ring is 1. The van der Waals surface area contributed by atoms with Crippen molar-refractivity contribution in [2.45, 2.75) is 0 Å². The molecule has 98 valence electrons. The van der Waals surface area contributed by atoms with Crippen LogP contribution in [0, 0.1) is 0 Å². The van der Waals surface area contributed by atoms with E-state index in [1.807, 2.05) is 0 Å². The second-order valence-corrected chi connectivity index (χ2v) is 5.03. The average molecular weight is 296 g/mol. The summed E-state index contributed by atoms with van der Waals surface area (Å²) in [5.74, 6) is -0.908. The molecule has 0 spiro atoms. The van der Waals surface area contributed by atoms with Gasteiger partial charge in [0, 0.05) is 0 Å². The molecule has 0 amide bonds. The highest BCUT2D eigenvalue weighted by atomic mass is 35.5. The summed E-state index contributed by atoms with van der Waals surface area (Å²) in [4.78, 5) is 24.0. The third-order valence-corrected chi connectivity index (χ3v) is 3.64. The lowest BCUT2D eigenvalue weighted by molar-refractivity contribution is 0.0477. The van der Waals surface area contributed by atoms with Crippen LogP contribution in [-0.4, -0.2) is 18.4 Å². The summed E-state index contributed by atoms with van der Waals surface area (Å²) in [7, 11) is 0. The number of para-hydroxylation sites is 1. The van der Waals surface area contributed by atoms with Crippen LogP contribution in [0.15, 0.2) is 35.7 Å². The molecule has 0 aliphatic rings. The Bertz CT molecular complexity index is 610. The number of anilines is 1. The number of benzene rings is 1. The number of esters is 1. The molecule has 2 aromatic rings. The Morgan fingerprint density at radius 3 is 2.74 bits per heavy atom. The maximum Gasteiger partial charge on any atom is 0.340 e. The molecule has 0 saturated heterocycles. The summed E-state index contributed by atoms with van der Waals surface area (Å²) in [6, 6.07) is 8.10. The van der Waals surface area contributed by atoms with E-state index in [0.717, 1.165) is 0 Å². The topological polar surface area (TPSA) is 69.4 Å². The molecule has 0 saturated carbocycles. The Labute approximate surface area is 118 Å². The van der Waals surface area contributed by atoms with Gasteiger partial charge in [0.2, 0.25) is 5.78 Å². The fourth-order valence-corrected chi connectivity index (χ4v) is 2.26. The Morgan fingerprint density at radius 1 is 1.26 bits per heavy atom. The van der Waals surface area contributed by atoms with Crippen LogP contribution in [0.5, 0.6) is 0 Å². The van der Waals surface area contributed by atoms with E-state index >= 15 is 0 Å². The standard InChI is InChI=1S/C13H10ClNO3S/c14-9-4-1-3-8(12(9)15)13(17)18-7-10(16)11-5-2-6-19-11/h1-6H,7,15H2. The van der Waals surface area contributed by atoms with Crippen molar-refractivity contribution in [3.05, 3.63) is 51.2 Å². The molecule has 0 unspecified atom stereocenters. The lowest BCUT2D eigenvalue weighted by Crippen LogP contribution is -2.14. The molecule has 6 heteroatoms. The summed E-state index contributed by atoms with van der Waals surface area (Å²) >= 11 is 7.10. The number of hydrogen-bond acceptors (Lipinski definition) is 5. The van der Waals surface area contributed by atoms with Gasteiger partial charge in [0.05, 0.1) is 21.2 Å². The van der Waals surface area contributed by atoms with Crippen molar-refractivity contribution in [1.29, 1.82) is 0 Å². The number of ether oxygens (including phenoxy) is 1. The molecule has 0 bridgehead atoms. The summed E-state index contributed by atoms with van der Waals surface area (Å²) in [6.07, 6.45) is 0. The Hall–Kier alpha value is -1.85. The lowest BCUT2D eigenvalue weighted by atomic mass is 10.2. The van der Waals surface area contributed by atoms with E-state index < -0.39 is 5.97 Å². The van der Waals surface area contributed by atoms with Crippen molar-refractivity contribution in [1.82, 2.24) is 0 Å². The van der Waals surface area contributed by atoms with Gasteiger partial charge in [-0.25, -0.2) is 4.79 Å². The van der Waals surface area contributed by atoms with E-state index in [4.69, 9.17) is 22.1 Å². The van der Waals surface area contributed by atoms with Crippen molar-refractivity contribution in [2.24, 2.45) is 0 Å². The van der Waals surface area contributed by atoms with Crippen molar-refractivity contribution in [2.75, 3.05) is 12.3 Å². The summed E-state index contributed by atoms with van der Waals surface area (Å²) in [6.45, 7) is -0.314. The summed E-state index contributed by atoms with van der Waals surface area (Å²) in [5, 5.41) is 2.06. The highest BCUT2D eigenvalue weighted by molar-refractivity contribution is 7.12. The molecule has 0 fully saturated rings. The predicted molar refractivity (Wildman–Crippen MR) is 74.8 cm³/mol. The van der Waals surface area contributed by atoms with Gasteiger partial charge in [-0.3, -0.25) is 4.79 Å². The lowest BCUT2D eigenvalue weighted by Gasteiger charge is -2.06. The van der Waals surface area contributed by atoms with E-state index in [1.165, 1.54) is 17.4 Å². The molecule has 0 radical (unpaired) electrons. The zero-order chi connectivity index (χ0) is 13.8. The van der Waals surface area contributed by atoms with Crippen LogP contribution in [0.25, 0.3) is 0 Å². The smallest absolute Gasteiger partial charge is 0.340 e. The minimum absolute atomic E-state index is 0.151. The Kier molecular flexibility index (Phi) is 4.19. The first kappa shape index (κ1) is 13.6. The van der Waals surface area contributed by atoms with Crippen LogP contribution >= 0.6 is 22.9 Å². The predicted octanol–water partition coefficient (Wildman–Crippen LogP) is 3.02. The third-order valence-electron chi connectivity index (χ3n) is 2.40. The van der Waals surface area contributed by atoms with Crippen molar-refractivity contribution >= 4 is 40.4 Å².